The number of carbonyl (C=O) groups is 2. The number of aryl methyl sites for hydroxylation is 1. The number of likely N-dealkylation sites (N-methyl/N-ethyl adjacent to an activating group) is 1. The maximum Gasteiger partial charge on any atom is 0.303 e. The van der Waals surface area contributed by atoms with Gasteiger partial charge >= 0.3 is 5.97 Å². The molecule has 4 nitrogen and oxygen atoms in total. The lowest BCUT2D eigenvalue weighted by atomic mass is 10.1. The Morgan fingerprint density at radius 3 is 2.70 bits per heavy atom. The molecular formula is C15H18ClNO3. The Morgan fingerprint density at radius 1 is 1.40 bits per heavy atom. The summed E-state index contributed by atoms with van der Waals surface area (Å²) in [6, 6.07) is 5.57. The Balaban J connectivity index is 2.53. The molecule has 20 heavy (non-hydrogen) atoms. The molecule has 0 bridgehead atoms. The Morgan fingerprint density at radius 2 is 2.10 bits per heavy atom. The van der Waals surface area contributed by atoms with Crippen molar-refractivity contribution in [1.29, 1.82) is 0 Å². The normalized spacial score (nSPS) is 10.8. The molecule has 0 saturated carbocycles. The van der Waals surface area contributed by atoms with Gasteiger partial charge in [0.2, 0.25) is 5.91 Å². The Bertz CT molecular complexity index is 526. The van der Waals surface area contributed by atoms with Crippen LogP contribution < -0.4 is 0 Å². The maximum atomic E-state index is 11.8. The molecule has 1 aromatic carbocycles. The van der Waals surface area contributed by atoms with Gasteiger partial charge in [0.15, 0.2) is 0 Å². The monoisotopic (exact) mass is 295 g/mol. The summed E-state index contributed by atoms with van der Waals surface area (Å²) in [5.74, 6) is -1.01. The molecule has 0 aliphatic rings. The van der Waals surface area contributed by atoms with Crippen LogP contribution in [-0.4, -0.2) is 35.5 Å². The first-order valence-corrected chi connectivity index (χ1v) is 6.69. The van der Waals surface area contributed by atoms with Gasteiger partial charge in [-0.2, -0.15) is 0 Å². The Labute approximate surface area is 123 Å². The molecule has 108 valence electrons. The van der Waals surface area contributed by atoms with Crippen molar-refractivity contribution in [2.75, 3.05) is 13.6 Å². The second kappa shape index (κ2) is 7.70. The van der Waals surface area contributed by atoms with E-state index in [0.29, 0.717) is 18.0 Å². The minimum atomic E-state index is -0.851. The number of carboxylic acid groups (broad SMARTS) is 1. The van der Waals surface area contributed by atoms with E-state index in [1.165, 1.54) is 11.0 Å². The first kappa shape index (κ1) is 16.2. The predicted octanol–water partition coefficient (Wildman–Crippen LogP) is 2.98. The first-order valence-electron chi connectivity index (χ1n) is 6.31. The Hall–Kier alpha value is -1.81. The third kappa shape index (κ3) is 5.45. The van der Waals surface area contributed by atoms with Crippen molar-refractivity contribution in [2.24, 2.45) is 0 Å². The van der Waals surface area contributed by atoms with Crippen LogP contribution in [0.3, 0.4) is 0 Å². The van der Waals surface area contributed by atoms with Crippen molar-refractivity contribution in [3.05, 3.63) is 40.4 Å². The summed E-state index contributed by atoms with van der Waals surface area (Å²) in [5, 5.41) is 9.20. The number of nitrogens with zero attached hydrogens (tertiary/aromatic N) is 1. The maximum absolute atomic E-state index is 11.8. The first-order chi connectivity index (χ1) is 9.40. The van der Waals surface area contributed by atoms with Crippen LogP contribution in [-0.2, 0) is 9.59 Å². The highest BCUT2D eigenvalue weighted by Gasteiger charge is 2.06. The average molecular weight is 296 g/mol. The van der Waals surface area contributed by atoms with Crippen LogP contribution in [0.25, 0.3) is 6.08 Å². The van der Waals surface area contributed by atoms with Crippen LogP contribution in [0.5, 0.6) is 0 Å². The number of hydrogen-bond donors (Lipinski definition) is 1. The number of halogens is 1. The zero-order chi connectivity index (χ0) is 15.1. The number of carbonyl (C=O) groups excluding carboxylic acids is 1. The lowest BCUT2D eigenvalue weighted by molar-refractivity contribution is -0.137. The van der Waals surface area contributed by atoms with E-state index in [-0.39, 0.29) is 12.3 Å². The summed E-state index contributed by atoms with van der Waals surface area (Å²) in [6.07, 6.45) is 3.67. The highest BCUT2D eigenvalue weighted by molar-refractivity contribution is 6.31. The lowest BCUT2D eigenvalue weighted by Crippen LogP contribution is -2.26. The van der Waals surface area contributed by atoms with Gasteiger partial charge in [-0.1, -0.05) is 23.7 Å². The summed E-state index contributed by atoms with van der Waals surface area (Å²) < 4.78 is 0. The quantitative estimate of drug-likeness (QED) is 0.821. The van der Waals surface area contributed by atoms with Gasteiger partial charge in [-0.3, -0.25) is 9.59 Å². The summed E-state index contributed by atoms with van der Waals surface area (Å²) in [4.78, 5) is 23.7. The summed E-state index contributed by atoms with van der Waals surface area (Å²) in [7, 11) is 1.65. The SMILES string of the molecule is Cc1ccc(/C=C/C(=O)N(C)CCCC(=O)O)cc1Cl. The lowest BCUT2D eigenvalue weighted by Gasteiger charge is -2.14. The Kier molecular flexibility index (Phi) is 6.25. The zero-order valence-corrected chi connectivity index (χ0v) is 12.4. The zero-order valence-electron chi connectivity index (χ0n) is 11.6. The summed E-state index contributed by atoms with van der Waals surface area (Å²) >= 11 is 6.01. The van der Waals surface area contributed by atoms with Crippen molar-refractivity contribution in [3.8, 4) is 0 Å². The molecule has 0 aromatic heterocycles. The highest BCUT2D eigenvalue weighted by atomic mass is 35.5. The van der Waals surface area contributed by atoms with E-state index >= 15 is 0 Å². The van der Waals surface area contributed by atoms with Crippen molar-refractivity contribution in [3.63, 3.8) is 0 Å². The summed E-state index contributed by atoms with van der Waals surface area (Å²) in [5.41, 5.74) is 1.84. The van der Waals surface area contributed by atoms with Crippen LogP contribution in [0.2, 0.25) is 5.02 Å². The van der Waals surface area contributed by atoms with E-state index in [2.05, 4.69) is 0 Å². The van der Waals surface area contributed by atoms with Crippen LogP contribution in [0.15, 0.2) is 24.3 Å². The number of benzene rings is 1. The molecule has 0 saturated heterocycles. The van der Waals surface area contributed by atoms with E-state index in [1.807, 2.05) is 19.1 Å². The minimum absolute atomic E-state index is 0.0644. The van der Waals surface area contributed by atoms with Crippen LogP contribution >= 0.6 is 11.6 Å². The van der Waals surface area contributed by atoms with Gasteiger partial charge in [-0.25, -0.2) is 0 Å². The third-order valence-corrected chi connectivity index (χ3v) is 3.28. The number of carboxylic acids is 1. The van der Waals surface area contributed by atoms with Gasteiger partial charge in [-0.15, -0.1) is 0 Å². The minimum Gasteiger partial charge on any atom is -0.481 e. The van der Waals surface area contributed by atoms with Crippen molar-refractivity contribution >= 4 is 29.6 Å². The van der Waals surface area contributed by atoms with Crippen molar-refractivity contribution in [2.45, 2.75) is 19.8 Å². The van der Waals surface area contributed by atoms with Crippen molar-refractivity contribution < 1.29 is 14.7 Å². The van der Waals surface area contributed by atoms with Crippen molar-refractivity contribution in [1.82, 2.24) is 4.90 Å². The number of amides is 1. The van der Waals surface area contributed by atoms with Gasteiger partial charge < -0.3 is 10.0 Å². The molecule has 1 amide bonds. The van der Waals surface area contributed by atoms with E-state index in [9.17, 15) is 9.59 Å². The standard InChI is InChI=1S/C15H18ClNO3/c1-11-5-6-12(10-13(11)16)7-8-14(18)17(2)9-3-4-15(19)20/h5-8,10H,3-4,9H2,1-2H3,(H,19,20)/b8-7+. The molecule has 0 unspecified atom stereocenters. The molecule has 0 atom stereocenters. The van der Waals surface area contributed by atoms with Crippen LogP contribution in [0.4, 0.5) is 0 Å². The molecule has 1 aromatic rings. The van der Waals surface area contributed by atoms with E-state index < -0.39 is 5.97 Å². The van der Waals surface area contributed by atoms with Gasteiger partial charge in [0.25, 0.3) is 0 Å². The fourth-order valence-corrected chi connectivity index (χ4v) is 1.77. The average Bonchev–Trinajstić information content (AvgIpc) is 2.39. The smallest absolute Gasteiger partial charge is 0.303 e. The largest absolute Gasteiger partial charge is 0.481 e. The molecule has 5 heteroatoms. The molecule has 1 N–H and O–H groups in total. The fourth-order valence-electron chi connectivity index (χ4n) is 1.59. The molecule has 1 rings (SSSR count). The third-order valence-electron chi connectivity index (χ3n) is 2.87. The number of aliphatic carboxylic acids is 1. The van der Waals surface area contributed by atoms with Crippen LogP contribution in [0.1, 0.15) is 24.0 Å². The fraction of sp³-hybridized carbons (Fsp3) is 0.333. The second-order valence-corrected chi connectivity index (χ2v) is 5.01. The molecule has 0 aliphatic heterocycles. The molecule has 0 aliphatic carbocycles. The molecular weight excluding hydrogens is 278 g/mol. The van der Waals surface area contributed by atoms with Gasteiger partial charge in [0.05, 0.1) is 0 Å². The van der Waals surface area contributed by atoms with Gasteiger partial charge in [0.1, 0.15) is 0 Å². The number of rotatable bonds is 6. The van der Waals surface area contributed by atoms with Crippen LogP contribution in [0, 0.1) is 6.92 Å². The predicted molar refractivity (Wildman–Crippen MR) is 79.7 cm³/mol. The van der Waals surface area contributed by atoms with E-state index in [0.717, 1.165) is 11.1 Å². The van der Waals surface area contributed by atoms with Gasteiger partial charge in [0, 0.05) is 31.1 Å². The molecule has 0 spiro atoms. The van der Waals surface area contributed by atoms with Gasteiger partial charge in [-0.05, 0) is 36.6 Å². The summed E-state index contributed by atoms with van der Waals surface area (Å²) in [6.45, 7) is 2.33. The topological polar surface area (TPSA) is 57.6 Å². The number of hydrogen-bond acceptors (Lipinski definition) is 2. The molecule has 0 fully saturated rings. The van der Waals surface area contributed by atoms with E-state index in [4.69, 9.17) is 16.7 Å². The molecule has 0 radical (unpaired) electrons. The van der Waals surface area contributed by atoms with E-state index in [1.54, 1.807) is 19.2 Å². The highest BCUT2D eigenvalue weighted by Crippen LogP contribution is 2.17. The second-order valence-electron chi connectivity index (χ2n) is 4.60. The molecule has 0 heterocycles.